The number of rotatable bonds is 3. The molecule has 0 aliphatic carbocycles. The van der Waals surface area contributed by atoms with Crippen molar-refractivity contribution >= 4 is 34.9 Å². The lowest BCUT2D eigenvalue weighted by Crippen LogP contribution is -2.35. The largest absolute Gasteiger partial charge is 0.304 e. The fraction of sp³-hybridized carbons (Fsp3) is 0.727. The topological polar surface area (TPSA) is 24.9 Å². The van der Waals surface area contributed by atoms with E-state index in [2.05, 4.69) is 53.1 Å². The van der Waals surface area contributed by atoms with Crippen LogP contribution in [0.4, 0.5) is 0 Å². The summed E-state index contributed by atoms with van der Waals surface area (Å²) in [6, 6.07) is 1.02. The first-order chi connectivity index (χ1) is 7.75. The molecule has 2 heterocycles. The lowest BCUT2D eigenvalue weighted by atomic mass is 10.2. The number of hydrogen-bond acceptors (Lipinski definition) is 5. The third-order valence-electron chi connectivity index (χ3n) is 2.58. The summed E-state index contributed by atoms with van der Waals surface area (Å²) in [5.41, 5.74) is 1.20. The summed E-state index contributed by atoms with van der Waals surface area (Å²) in [6.07, 6.45) is 0. The van der Waals surface area contributed by atoms with Crippen LogP contribution >= 0.6 is 34.9 Å². The number of nitrogens with zero attached hydrogens (tertiary/aromatic N) is 1. The third-order valence-corrected chi connectivity index (χ3v) is 5.89. The van der Waals surface area contributed by atoms with E-state index >= 15 is 0 Å². The van der Waals surface area contributed by atoms with Crippen molar-refractivity contribution in [1.29, 1.82) is 0 Å². The molecule has 1 aliphatic rings. The molecule has 5 heteroatoms. The minimum absolute atomic E-state index is 0.384. The van der Waals surface area contributed by atoms with Crippen LogP contribution in [-0.2, 0) is 0 Å². The van der Waals surface area contributed by atoms with Crippen molar-refractivity contribution in [1.82, 2.24) is 10.3 Å². The van der Waals surface area contributed by atoms with Gasteiger partial charge >= 0.3 is 0 Å². The molecule has 2 nitrogen and oxygen atoms in total. The molecule has 0 spiro atoms. The highest BCUT2D eigenvalue weighted by molar-refractivity contribution is 8.03. The average Bonchev–Trinajstić information content (AvgIpc) is 2.54. The summed E-state index contributed by atoms with van der Waals surface area (Å²) in [4.78, 5) is 4.54. The van der Waals surface area contributed by atoms with Gasteiger partial charge in [0.25, 0.3) is 0 Å². The normalized spacial score (nSPS) is 20.6. The van der Waals surface area contributed by atoms with E-state index in [4.69, 9.17) is 0 Å². The third kappa shape index (κ3) is 3.65. The summed E-state index contributed by atoms with van der Waals surface area (Å²) in [6.45, 7) is 4.28. The highest BCUT2D eigenvalue weighted by Gasteiger charge is 2.17. The number of aryl methyl sites for hydroxylation is 1. The van der Waals surface area contributed by atoms with Crippen LogP contribution in [0.15, 0.2) is 5.38 Å². The summed E-state index contributed by atoms with van der Waals surface area (Å²) < 4.78 is 0. The highest BCUT2D eigenvalue weighted by Crippen LogP contribution is 2.20. The highest BCUT2D eigenvalue weighted by atomic mass is 32.2. The molecule has 90 valence electrons. The summed E-state index contributed by atoms with van der Waals surface area (Å²) in [5, 5.41) is 7.02. The van der Waals surface area contributed by atoms with Crippen molar-refractivity contribution in [2.45, 2.75) is 25.9 Å². The van der Waals surface area contributed by atoms with Crippen LogP contribution in [0.2, 0.25) is 0 Å². The smallest absolute Gasteiger partial charge is 0.0898 e. The molecular formula is C11H18N2S3. The number of hydrogen-bond donors (Lipinski definition) is 1. The van der Waals surface area contributed by atoms with Gasteiger partial charge in [0, 0.05) is 40.5 Å². The maximum absolute atomic E-state index is 4.54. The van der Waals surface area contributed by atoms with E-state index < -0.39 is 0 Å². The van der Waals surface area contributed by atoms with E-state index in [1.165, 1.54) is 28.7 Å². The quantitative estimate of drug-likeness (QED) is 0.916. The van der Waals surface area contributed by atoms with Crippen LogP contribution in [0.5, 0.6) is 0 Å². The van der Waals surface area contributed by atoms with Crippen molar-refractivity contribution in [3.63, 3.8) is 0 Å². The van der Waals surface area contributed by atoms with Gasteiger partial charge in [0.1, 0.15) is 0 Å². The van der Waals surface area contributed by atoms with Gasteiger partial charge in [-0.15, -0.1) is 11.3 Å². The number of aromatic nitrogens is 1. The summed E-state index contributed by atoms with van der Waals surface area (Å²) >= 11 is 5.87. The van der Waals surface area contributed by atoms with Gasteiger partial charge in [-0.2, -0.15) is 23.5 Å². The molecule has 0 aromatic carbocycles. The Kier molecular flexibility index (Phi) is 5.00. The lowest BCUT2D eigenvalue weighted by molar-refractivity contribution is 0.509. The molecule has 0 saturated carbocycles. The monoisotopic (exact) mass is 274 g/mol. The molecule has 0 amide bonds. The van der Waals surface area contributed by atoms with Gasteiger partial charge in [-0.25, -0.2) is 4.98 Å². The standard InChI is InChI=1S/C11H18N2S3/c1-8(11-7-16-9(2)13-11)12-10-5-14-3-4-15-6-10/h7-8,10,12H,3-6H2,1-2H3/t8-/m0/s1. The Morgan fingerprint density at radius 3 is 2.62 bits per heavy atom. The second kappa shape index (κ2) is 6.28. The van der Waals surface area contributed by atoms with Crippen LogP contribution < -0.4 is 5.32 Å². The second-order valence-electron chi connectivity index (χ2n) is 4.03. The van der Waals surface area contributed by atoms with Gasteiger partial charge in [-0.1, -0.05) is 0 Å². The summed E-state index contributed by atoms with van der Waals surface area (Å²) in [7, 11) is 0. The van der Waals surface area contributed by atoms with Crippen molar-refractivity contribution in [3.05, 3.63) is 16.1 Å². The Hall–Kier alpha value is 0.290. The molecule has 1 fully saturated rings. The zero-order chi connectivity index (χ0) is 11.4. The molecule has 1 N–H and O–H groups in total. The van der Waals surface area contributed by atoms with E-state index in [1.54, 1.807) is 11.3 Å². The van der Waals surface area contributed by atoms with Crippen molar-refractivity contribution in [3.8, 4) is 0 Å². The Morgan fingerprint density at radius 2 is 2.06 bits per heavy atom. The first kappa shape index (κ1) is 12.7. The van der Waals surface area contributed by atoms with Crippen molar-refractivity contribution in [2.75, 3.05) is 23.0 Å². The van der Waals surface area contributed by atoms with Crippen LogP contribution in [0, 0.1) is 6.92 Å². The fourth-order valence-corrected chi connectivity index (χ4v) is 4.86. The van der Waals surface area contributed by atoms with Gasteiger partial charge in [-0.3, -0.25) is 0 Å². The Balaban J connectivity index is 1.88. The zero-order valence-electron chi connectivity index (χ0n) is 9.73. The van der Waals surface area contributed by atoms with Crippen LogP contribution in [0.3, 0.4) is 0 Å². The van der Waals surface area contributed by atoms with Gasteiger partial charge in [0.05, 0.1) is 10.7 Å². The fourth-order valence-electron chi connectivity index (χ4n) is 1.73. The molecule has 1 aromatic rings. The van der Waals surface area contributed by atoms with Crippen LogP contribution in [-0.4, -0.2) is 34.0 Å². The first-order valence-electron chi connectivity index (χ1n) is 5.59. The molecule has 1 saturated heterocycles. The van der Waals surface area contributed by atoms with Crippen LogP contribution in [0.25, 0.3) is 0 Å². The molecule has 0 radical (unpaired) electrons. The molecule has 1 atom stereocenters. The zero-order valence-corrected chi connectivity index (χ0v) is 12.2. The van der Waals surface area contributed by atoms with E-state index in [1.807, 2.05) is 0 Å². The van der Waals surface area contributed by atoms with E-state index in [0.29, 0.717) is 12.1 Å². The molecule has 1 aliphatic heterocycles. The predicted octanol–water partition coefficient (Wildman–Crippen LogP) is 2.95. The maximum atomic E-state index is 4.54. The van der Waals surface area contributed by atoms with Gasteiger partial charge in [0.15, 0.2) is 0 Å². The Bertz CT molecular complexity index is 319. The predicted molar refractivity (Wildman–Crippen MR) is 76.8 cm³/mol. The van der Waals surface area contributed by atoms with Crippen molar-refractivity contribution in [2.24, 2.45) is 0 Å². The molecular weight excluding hydrogens is 256 g/mol. The lowest BCUT2D eigenvalue weighted by Gasteiger charge is -2.20. The molecule has 0 unspecified atom stereocenters. The minimum Gasteiger partial charge on any atom is -0.304 e. The summed E-state index contributed by atoms with van der Waals surface area (Å²) in [5.74, 6) is 5.07. The molecule has 1 aromatic heterocycles. The maximum Gasteiger partial charge on any atom is 0.0898 e. The Morgan fingerprint density at radius 1 is 1.38 bits per heavy atom. The van der Waals surface area contributed by atoms with E-state index in [9.17, 15) is 0 Å². The molecule has 2 rings (SSSR count). The Labute approximate surface area is 110 Å². The number of thioether (sulfide) groups is 2. The first-order valence-corrected chi connectivity index (χ1v) is 8.78. The van der Waals surface area contributed by atoms with Crippen molar-refractivity contribution < 1.29 is 0 Å². The van der Waals surface area contributed by atoms with Crippen LogP contribution in [0.1, 0.15) is 23.7 Å². The van der Waals surface area contributed by atoms with Gasteiger partial charge < -0.3 is 5.32 Å². The minimum atomic E-state index is 0.384. The second-order valence-corrected chi connectivity index (χ2v) is 7.39. The van der Waals surface area contributed by atoms with Gasteiger partial charge in [0.2, 0.25) is 0 Å². The number of nitrogens with one attached hydrogen (secondary N) is 1. The molecule has 0 bridgehead atoms. The van der Waals surface area contributed by atoms with Gasteiger partial charge in [-0.05, 0) is 13.8 Å². The average molecular weight is 274 g/mol. The molecule has 16 heavy (non-hydrogen) atoms. The van der Waals surface area contributed by atoms with E-state index in [0.717, 1.165) is 5.01 Å². The van der Waals surface area contributed by atoms with E-state index in [-0.39, 0.29) is 0 Å². The number of thiazole rings is 1. The SMILES string of the molecule is Cc1nc([C@H](C)NC2CSCCSC2)cs1.